The van der Waals surface area contributed by atoms with E-state index in [0.29, 0.717) is 18.9 Å². The molecule has 1 aliphatic heterocycles. The van der Waals surface area contributed by atoms with Crippen LogP contribution in [0.1, 0.15) is 25.8 Å². The van der Waals surface area contributed by atoms with Gasteiger partial charge in [-0.25, -0.2) is 9.37 Å². The Hall–Kier alpha value is -2.83. The zero-order valence-corrected chi connectivity index (χ0v) is 17.6. The highest BCUT2D eigenvalue weighted by Crippen LogP contribution is 2.26. The standard InChI is InChI=1S/C22H30FN5O/c1-22(2,16-7-5-8-18(13-16)29-4)15-26-21(24-3)27-17-10-12-28(14-17)20-19(23)9-6-11-25-20/h5-9,11,13,17H,10,12,14-15H2,1-4H3,(H2,24,26,27). The van der Waals surface area contributed by atoms with E-state index in [0.717, 1.165) is 24.7 Å². The third-order valence-corrected chi connectivity index (χ3v) is 5.34. The molecule has 2 N–H and O–H groups in total. The number of guanidine groups is 1. The molecule has 2 aromatic rings. The number of pyridine rings is 1. The first-order valence-corrected chi connectivity index (χ1v) is 9.90. The maximum atomic E-state index is 14.0. The van der Waals surface area contributed by atoms with Crippen molar-refractivity contribution < 1.29 is 9.13 Å². The second-order valence-electron chi connectivity index (χ2n) is 7.93. The molecule has 0 spiro atoms. The van der Waals surface area contributed by atoms with Gasteiger partial charge in [0, 0.05) is 44.3 Å². The third-order valence-electron chi connectivity index (χ3n) is 5.34. The number of anilines is 1. The molecule has 0 aliphatic carbocycles. The largest absolute Gasteiger partial charge is 0.497 e. The Bertz CT molecular complexity index is 855. The predicted octanol–water partition coefficient (Wildman–Crippen LogP) is 2.95. The van der Waals surface area contributed by atoms with Crippen LogP contribution in [-0.4, -0.2) is 50.8 Å². The molecular formula is C22H30FN5O. The van der Waals surface area contributed by atoms with Crippen LogP contribution in [0, 0.1) is 5.82 Å². The van der Waals surface area contributed by atoms with Crippen molar-refractivity contribution in [1.29, 1.82) is 0 Å². The van der Waals surface area contributed by atoms with E-state index in [2.05, 4.69) is 46.6 Å². The van der Waals surface area contributed by atoms with Gasteiger partial charge in [-0.3, -0.25) is 4.99 Å². The molecule has 0 radical (unpaired) electrons. The van der Waals surface area contributed by atoms with Crippen molar-refractivity contribution in [3.05, 3.63) is 54.0 Å². The van der Waals surface area contributed by atoms with E-state index >= 15 is 0 Å². The second kappa shape index (κ2) is 9.11. The van der Waals surface area contributed by atoms with Crippen LogP contribution in [-0.2, 0) is 5.41 Å². The maximum Gasteiger partial charge on any atom is 0.191 e. The molecule has 1 saturated heterocycles. The number of ether oxygens (including phenoxy) is 1. The van der Waals surface area contributed by atoms with Gasteiger partial charge in [-0.05, 0) is 36.2 Å². The fourth-order valence-corrected chi connectivity index (χ4v) is 3.52. The fraction of sp³-hybridized carbons (Fsp3) is 0.455. The summed E-state index contributed by atoms with van der Waals surface area (Å²) in [7, 11) is 3.44. The number of nitrogens with zero attached hydrogens (tertiary/aromatic N) is 3. The van der Waals surface area contributed by atoms with E-state index in [1.807, 2.05) is 17.0 Å². The van der Waals surface area contributed by atoms with Crippen LogP contribution in [0.15, 0.2) is 47.6 Å². The number of hydrogen-bond acceptors (Lipinski definition) is 4. The SMILES string of the molecule is CN=C(NCC(C)(C)c1cccc(OC)c1)NC1CCN(c2ncccc2F)C1. The van der Waals surface area contributed by atoms with Crippen LogP contribution in [0.2, 0.25) is 0 Å². The molecule has 3 rings (SSSR count). The summed E-state index contributed by atoms with van der Waals surface area (Å²) in [4.78, 5) is 10.5. The van der Waals surface area contributed by atoms with Gasteiger partial charge in [-0.15, -0.1) is 0 Å². The molecule has 7 heteroatoms. The summed E-state index contributed by atoms with van der Waals surface area (Å²) in [5.41, 5.74) is 1.09. The summed E-state index contributed by atoms with van der Waals surface area (Å²) in [6.45, 7) is 6.53. The highest BCUT2D eigenvalue weighted by atomic mass is 19.1. The minimum atomic E-state index is -0.282. The van der Waals surface area contributed by atoms with Crippen molar-refractivity contribution in [3.8, 4) is 5.75 Å². The average Bonchev–Trinajstić information content (AvgIpc) is 3.19. The lowest BCUT2D eigenvalue weighted by atomic mass is 9.84. The van der Waals surface area contributed by atoms with E-state index in [4.69, 9.17) is 4.74 Å². The van der Waals surface area contributed by atoms with Crippen LogP contribution in [0.4, 0.5) is 10.2 Å². The zero-order chi connectivity index (χ0) is 20.9. The lowest BCUT2D eigenvalue weighted by molar-refractivity contribution is 0.411. The Balaban J connectivity index is 1.56. The molecule has 0 amide bonds. The fourth-order valence-electron chi connectivity index (χ4n) is 3.52. The number of methoxy groups -OCH3 is 1. The molecular weight excluding hydrogens is 369 g/mol. The van der Waals surface area contributed by atoms with Crippen molar-refractivity contribution in [2.24, 2.45) is 4.99 Å². The number of aliphatic imine (C=N–C) groups is 1. The molecule has 1 aliphatic rings. The van der Waals surface area contributed by atoms with Crippen LogP contribution in [0.25, 0.3) is 0 Å². The van der Waals surface area contributed by atoms with Gasteiger partial charge in [-0.1, -0.05) is 26.0 Å². The molecule has 1 aromatic heterocycles. The molecule has 156 valence electrons. The van der Waals surface area contributed by atoms with Gasteiger partial charge in [0.1, 0.15) is 5.75 Å². The Kier molecular flexibility index (Phi) is 6.56. The lowest BCUT2D eigenvalue weighted by Crippen LogP contribution is -2.48. The van der Waals surface area contributed by atoms with Gasteiger partial charge in [0.15, 0.2) is 17.6 Å². The molecule has 0 bridgehead atoms. The summed E-state index contributed by atoms with van der Waals surface area (Å²) >= 11 is 0. The number of hydrogen-bond donors (Lipinski definition) is 2. The van der Waals surface area contributed by atoms with Crippen molar-refractivity contribution >= 4 is 11.8 Å². The molecule has 29 heavy (non-hydrogen) atoms. The number of rotatable bonds is 6. The zero-order valence-electron chi connectivity index (χ0n) is 17.6. The summed E-state index contributed by atoms with van der Waals surface area (Å²) in [5, 5.41) is 6.88. The van der Waals surface area contributed by atoms with E-state index < -0.39 is 0 Å². The van der Waals surface area contributed by atoms with Crippen LogP contribution in [0.3, 0.4) is 0 Å². The first kappa shape index (κ1) is 20.9. The monoisotopic (exact) mass is 399 g/mol. The third kappa shape index (κ3) is 5.16. The quantitative estimate of drug-likeness (QED) is 0.578. The van der Waals surface area contributed by atoms with Crippen LogP contribution < -0.4 is 20.3 Å². The van der Waals surface area contributed by atoms with Crippen molar-refractivity contribution in [2.75, 3.05) is 38.7 Å². The van der Waals surface area contributed by atoms with Gasteiger partial charge >= 0.3 is 0 Å². The van der Waals surface area contributed by atoms with Gasteiger partial charge in [0.25, 0.3) is 0 Å². The lowest BCUT2D eigenvalue weighted by Gasteiger charge is -2.28. The molecule has 2 heterocycles. The number of aromatic nitrogens is 1. The van der Waals surface area contributed by atoms with Crippen molar-refractivity contribution in [3.63, 3.8) is 0 Å². The Morgan fingerprint density at radius 3 is 2.90 bits per heavy atom. The molecule has 1 atom stereocenters. The predicted molar refractivity (Wildman–Crippen MR) is 115 cm³/mol. The summed E-state index contributed by atoms with van der Waals surface area (Å²) in [6, 6.07) is 11.4. The highest BCUT2D eigenvalue weighted by molar-refractivity contribution is 5.80. The topological polar surface area (TPSA) is 61.8 Å². The smallest absolute Gasteiger partial charge is 0.191 e. The summed E-state index contributed by atoms with van der Waals surface area (Å²) in [6.07, 6.45) is 2.52. The second-order valence-corrected chi connectivity index (χ2v) is 7.93. The van der Waals surface area contributed by atoms with Gasteiger partial charge < -0.3 is 20.3 Å². The summed E-state index contributed by atoms with van der Waals surface area (Å²) in [5.74, 6) is 1.73. The van der Waals surface area contributed by atoms with Gasteiger partial charge in [0.2, 0.25) is 0 Å². The Labute approximate surface area is 172 Å². The van der Waals surface area contributed by atoms with Crippen molar-refractivity contribution in [2.45, 2.75) is 31.7 Å². The average molecular weight is 400 g/mol. The van der Waals surface area contributed by atoms with E-state index in [9.17, 15) is 4.39 Å². The highest BCUT2D eigenvalue weighted by Gasteiger charge is 2.27. The maximum absolute atomic E-state index is 14.0. The number of benzene rings is 1. The minimum absolute atomic E-state index is 0.106. The molecule has 0 saturated carbocycles. The van der Waals surface area contributed by atoms with Gasteiger partial charge in [-0.2, -0.15) is 0 Å². The molecule has 1 fully saturated rings. The number of halogens is 1. The Morgan fingerprint density at radius 2 is 2.17 bits per heavy atom. The number of nitrogens with one attached hydrogen (secondary N) is 2. The van der Waals surface area contributed by atoms with E-state index in [1.165, 1.54) is 11.6 Å². The first-order chi connectivity index (χ1) is 13.9. The minimum Gasteiger partial charge on any atom is -0.497 e. The molecule has 1 unspecified atom stereocenters. The molecule has 1 aromatic carbocycles. The summed E-state index contributed by atoms with van der Waals surface area (Å²) < 4.78 is 19.3. The van der Waals surface area contributed by atoms with E-state index in [-0.39, 0.29) is 17.3 Å². The van der Waals surface area contributed by atoms with Crippen LogP contribution in [0.5, 0.6) is 5.75 Å². The Morgan fingerprint density at radius 1 is 1.34 bits per heavy atom. The first-order valence-electron chi connectivity index (χ1n) is 9.90. The molecule has 6 nitrogen and oxygen atoms in total. The van der Waals surface area contributed by atoms with Gasteiger partial charge in [0.05, 0.1) is 7.11 Å². The van der Waals surface area contributed by atoms with Crippen molar-refractivity contribution in [1.82, 2.24) is 15.6 Å². The normalized spacial score (nSPS) is 17.3. The van der Waals surface area contributed by atoms with E-state index in [1.54, 1.807) is 26.4 Å². The van der Waals surface area contributed by atoms with Crippen LogP contribution >= 0.6 is 0 Å².